The minimum atomic E-state index is 0.377. The standard InChI is InChI=1S/C11H18N4O/c12-9-3-4-10(15-11(9)13)14-6-5-8-2-1-7-16-8/h3-4,8H,1-2,5-7,12H2,(H3,13,14,15). The fourth-order valence-electron chi connectivity index (χ4n) is 1.82. The zero-order valence-corrected chi connectivity index (χ0v) is 9.28. The van der Waals surface area contributed by atoms with E-state index < -0.39 is 0 Å². The summed E-state index contributed by atoms with van der Waals surface area (Å²) in [4.78, 5) is 4.14. The van der Waals surface area contributed by atoms with Gasteiger partial charge in [0.25, 0.3) is 0 Å². The third-order valence-corrected chi connectivity index (χ3v) is 2.75. The number of pyridine rings is 1. The summed E-state index contributed by atoms with van der Waals surface area (Å²) in [7, 11) is 0. The van der Waals surface area contributed by atoms with Crippen molar-refractivity contribution in [2.45, 2.75) is 25.4 Å². The van der Waals surface area contributed by atoms with Crippen LogP contribution in [0.2, 0.25) is 0 Å². The summed E-state index contributed by atoms with van der Waals surface area (Å²) in [5, 5.41) is 3.21. The summed E-state index contributed by atoms with van der Waals surface area (Å²) in [6.07, 6.45) is 3.75. The number of nitrogens with two attached hydrogens (primary N) is 2. The number of aromatic nitrogens is 1. The van der Waals surface area contributed by atoms with E-state index in [4.69, 9.17) is 16.2 Å². The van der Waals surface area contributed by atoms with E-state index in [0.29, 0.717) is 17.6 Å². The number of nitrogens with one attached hydrogen (secondary N) is 1. The van der Waals surface area contributed by atoms with Gasteiger partial charge in [-0.05, 0) is 31.4 Å². The molecule has 0 spiro atoms. The maximum Gasteiger partial charge on any atom is 0.149 e. The highest BCUT2D eigenvalue weighted by Crippen LogP contribution is 2.17. The van der Waals surface area contributed by atoms with Gasteiger partial charge < -0.3 is 21.5 Å². The normalized spacial score (nSPS) is 19.9. The van der Waals surface area contributed by atoms with E-state index in [1.807, 2.05) is 6.07 Å². The van der Waals surface area contributed by atoms with Crippen LogP contribution in [0.3, 0.4) is 0 Å². The lowest BCUT2D eigenvalue weighted by atomic mass is 10.2. The van der Waals surface area contributed by atoms with Gasteiger partial charge in [-0.3, -0.25) is 0 Å². The average Bonchev–Trinajstić information content (AvgIpc) is 2.76. The van der Waals surface area contributed by atoms with Gasteiger partial charge in [0.2, 0.25) is 0 Å². The largest absolute Gasteiger partial charge is 0.396 e. The van der Waals surface area contributed by atoms with Crippen molar-refractivity contribution in [2.24, 2.45) is 0 Å². The highest BCUT2D eigenvalue weighted by molar-refractivity contribution is 5.61. The molecule has 1 aliphatic rings. The number of rotatable bonds is 4. The molecule has 0 amide bonds. The third-order valence-electron chi connectivity index (χ3n) is 2.75. The summed E-state index contributed by atoms with van der Waals surface area (Å²) in [5.74, 6) is 1.15. The Kier molecular flexibility index (Phi) is 3.46. The number of hydrogen-bond donors (Lipinski definition) is 3. The molecule has 1 aromatic heterocycles. The molecule has 0 aromatic carbocycles. The lowest BCUT2D eigenvalue weighted by Gasteiger charge is -2.11. The second kappa shape index (κ2) is 5.03. The van der Waals surface area contributed by atoms with E-state index in [9.17, 15) is 0 Å². The molecule has 1 fully saturated rings. The first kappa shape index (κ1) is 11.0. The van der Waals surface area contributed by atoms with E-state index in [-0.39, 0.29) is 0 Å². The molecule has 1 aliphatic heterocycles. The van der Waals surface area contributed by atoms with Crippen molar-refractivity contribution in [3.8, 4) is 0 Å². The highest BCUT2D eigenvalue weighted by atomic mass is 16.5. The van der Waals surface area contributed by atoms with E-state index in [0.717, 1.165) is 25.4 Å². The molecule has 2 heterocycles. The number of anilines is 3. The van der Waals surface area contributed by atoms with Gasteiger partial charge in [0.05, 0.1) is 11.8 Å². The first-order chi connectivity index (χ1) is 7.75. The first-order valence-electron chi connectivity index (χ1n) is 5.63. The van der Waals surface area contributed by atoms with Crippen molar-refractivity contribution in [3.05, 3.63) is 12.1 Å². The summed E-state index contributed by atoms with van der Waals surface area (Å²) >= 11 is 0. The molecule has 1 unspecified atom stereocenters. The lowest BCUT2D eigenvalue weighted by Crippen LogP contribution is -2.13. The summed E-state index contributed by atoms with van der Waals surface area (Å²) in [6.45, 7) is 1.75. The van der Waals surface area contributed by atoms with Gasteiger partial charge in [0.15, 0.2) is 0 Å². The molecule has 1 aromatic rings. The van der Waals surface area contributed by atoms with Crippen LogP contribution >= 0.6 is 0 Å². The Morgan fingerprint density at radius 1 is 1.44 bits per heavy atom. The van der Waals surface area contributed by atoms with E-state index in [1.54, 1.807) is 6.07 Å². The molecule has 0 bridgehead atoms. The molecule has 88 valence electrons. The number of hydrogen-bond acceptors (Lipinski definition) is 5. The van der Waals surface area contributed by atoms with Crippen LogP contribution in [0.1, 0.15) is 19.3 Å². The van der Waals surface area contributed by atoms with Crippen molar-refractivity contribution >= 4 is 17.3 Å². The van der Waals surface area contributed by atoms with Crippen molar-refractivity contribution in [2.75, 3.05) is 29.9 Å². The van der Waals surface area contributed by atoms with Gasteiger partial charge in [-0.2, -0.15) is 0 Å². The molecule has 16 heavy (non-hydrogen) atoms. The Balaban J connectivity index is 1.78. The van der Waals surface area contributed by atoms with Crippen LogP contribution in [-0.2, 0) is 4.74 Å². The fraction of sp³-hybridized carbons (Fsp3) is 0.545. The number of nitrogen functional groups attached to an aromatic ring is 2. The smallest absolute Gasteiger partial charge is 0.149 e. The molecule has 0 radical (unpaired) electrons. The summed E-state index contributed by atoms with van der Waals surface area (Å²) in [6, 6.07) is 3.60. The minimum absolute atomic E-state index is 0.377. The average molecular weight is 222 g/mol. The molecular formula is C11H18N4O. The fourth-order valence-corrected chi connectivity index (χ4v) is 1.82. The maximum absolute atomic E-state index is 5.61. The highest BCUT2D eigenvalue weighted by Gasteiger charge is 2.14. The van der Waals surface area contributed by atoms with Crippen LogP contribution in [0.4, 0.5) is 17.3 Å². The van der Waals surface area contributed by atoms with Gasteiger partial charge in [0, 0.05) is 13.2 Å². The SMILES string of the molecule is Nc1ccc(NCCC2CCCO2)nc1N. The molecule has 2 rings (SSSR count). The minimum Gasteiger partial charge on any atom is -0.396 e. The van der Waals surface area contributed by atoms with Crippen LogP contribution < -0.4 is 16.8 Å². The van der Waals surface area contributed by atoms with Gasteiger partial charge >= 0.3 is 0 Å². The quantitative estimate of drug-likeness (QED) is 0.713. The van der Waals surface area contributed by atoms with E-state index >= 15 is 0 Å². The van der Waals surface area contributed by atoms with Crippen molar-refractivity contribution in [3.63, 3.8) is 0 Å². The van der Waals surface area contributed by atoms with E-state index in [1.165, 1.54) is 12.8 Å². The number of nitrogens with zero attached hydrogens (tertiary/aromatic N) is 1. The molecule has 5 nitrogen and oxygen atoms in total. The Morgan fingerprint density at radius 3 is 3.00 bits per heavy atom. The third kappa shape index (κ3) is 2.76. The molecule has 1 saturated heterocycles. The van der Waals surface area contributed by atoms with Crippen LogP contribution in [-0.4, -0.2) is 24.2 Å². The molecule has 0 aliphatic carbocycles. The predicted molar refractivity (Wildman–Crippen MR) is 65.1 cm³/mol. The second-order valence-electron chi connectivity index (χ2n) is 4.02. The molecular weight excluding hydrogens is 204 g/mol. The van der Waals surface area contributed by atoms with Gasteiger partial charge in [-0.1, -0.05) is 0 Å². The van der Waals surface area contributed by atoms with Gasteiger partial charge in [-0.25, -0.2) is 4.98 Å². The maximum atomic E-state index is 5.61. The zero-order chi connectivity index (χ0) is 11.4. The Bertz CT molecular complexity index is 350. The molecule has 0 saturated carbocycles. The second-order valence-corrected chi connectivity index (χ2v) is 4.02. The number of ether oxygens (including phenoxy) is 1. The van der Waals surface area contributed by atoms with Crippen LogP contribution in [0.15, 0.2) is 12.1 Å². The van der Waals surface area contributed by atoms with Crippen molar-refractivity contribution in [1.29, 1.82) is 0 Å². The Morgan fingerprint density at radius 2 is 2.31 bits per heavy atom. The Labute approximate surface area is 95.2 Å². The Hall–Kier alpha value is -1.49. The van der Waals surface area contributed by atoms with E-state index in [2.05, 4.69) is 10.3 Å². The van der Waals surface area contributed by atoms with Crippen LogP contribution in [0.5, 0.6) is 0 Å². The lowest BCUT2D eigenvalue weighted by molar-refractivity contribution is 0.107. The van der Waals surface area contributed by atoms with Crippen LogP contribution in [0.25, 0.3) is 0 Å². The van der Waals surface area contributed by atoms with Gasteiger partial charge in [0.1, 0.15) is 11.6 Å². The molecule has 5 N–H and O–H groups in total. The molecule has 1 atom stereocenters. The monoisotopic (exact) mass is 222 g/mol. The summed E-state index contributed by atoms with van der Waals surface area (Å²) in [5.41, 5.74) is 11.7. The first-order valence-corrected chi connectivity index (χ1v) is 5.63. The van der Waals surface area contributed by atoms with Crippen molar-refractivity contribution < 1.29 is 4.74 Å². The topological polar surface area (TPSA) is 86.2 Å². The predicted octanol–water partition coefficient (Wildman–Crippen LogP) is 1.23. The van der Waals surface area contributed by atoms with Crippen molar-refractivity contribution in [1.82, 2.24) is 4.98 Å². The van der Waals surface area contributed by atoms with Gasteiger partial charge in [-0.15, -0.1) is 0 Å². The summed E-state index contributed by atoms with van der Waals surface area (Å²) < 4.78 is 5.53. The zero-order valence-electron chi connectivity index (χ0n) is 9.28. The molecule has 5 heteroatoms. The van der Waals surface area contributed by atoms with Crippen LogP contribution in [0, 0.1) is 0 Å².